The zero-order chi connectivity index (χ0) is 19.5. The molecule has 0 unspecified atom stereocenters. The van der Waals surface area contributed by atoms with Gasteiger partial charge in [0.25, 0.3) is 0 Å². The van der Waals surface area contributed by atoms with Gasteiger partial charge < -0.3 is 5.32 Å². The highest BCUT2D eigenvalue weighted by molar-refractivity contribution is 9.10. The Morgan fingerprint density at radius 1 is 0.964 bits per heavy atom. The van der Waals surface area contributed by atoms with Gasteiger partial charge in [-0.1, -0.05) is 51.3 Å². The summed E-state index contributed by atoms with van der Waals surface area (Å²) in [5.41, 5.74) is 4.93. The Hall–Kier alpha value is -2.75. The van der Waals surface area contributed by atoms with Crippen LogP contribution in [0.2, 0.25) is 10.0 Å². The third-order valence-electron chi connectivity index (χ3n) is 3.53. The van der Waals surface area contributed by atoms with E-state index in [1.807, 2.05) is 24.3 Å². The molecule has 0 bridgehead atoms. The van der Waals surface area contributed by atoms with Crippen molar-refractivity contribution >= 4 is 74.0 Å². The van der Waals surface area contributed by atoms with Crippen molar-refractivity contribution in [2.75, 3.05) is 10.7 Å². The molecule has 2 aromatic heterocycles. The van der Waals surface area contributed by atoms with Crippen molar-refractivity contribution in [2.45, 2.75) is 0 Å². The van der Waals surface area contributed by atoms with E-state index >= 15 is 0 Å². The van der Waals surface area contributed by atoms with Crippen LogP contribution in [0.3, 0.4) is 0 Å². The van der Waals surface area contributed by atoms with Gasteiger partial charge in [-0.05, 0) is 46.2 Å². The summed E-state index contributed by atoms with van der Waals surface area (Å²) in [5, 5.41) is 15.6. The molecule has 11 heteroatoms. The number of fused-ring (bicyclic) bond motifs is 1. The minimum absolute atomic E-state index is 0.250. The van der Waals surface area contributed by atoms with Crippen LogP contribution in [0.25, 0.3) is 11.3 Å². The zero-order valence-electron chi connectivity index (χ0n) is 13.9. The molecular formula is C17H10BrCl2N7O. The number of hydrazone groups is 1. The number of anilines is 3. The highest BCUT2D eigenvalue weighted by Gasteiger charge is 2.13. The second-order valence-electron chi connectivity index (χ2n) is 5.51. The van der Waals surface area contributed by atoms with Crippen molar-refractivity contribution < 1.29 is 4.63 Å². The number of aromatic nitrogens is 4. The first kappa shape index (κ1) is 18.6. The van der Waals surface area contributed by atoms with E-state index < -0.39 is 0 Å². The van der Waals surface area contributed by atoms with Gasteiger partial charge in [0.05, 0.1) is 16.3 Å². The maximum absolute atomic E-state index is 6.07. The van der Waals surface area contributed by atoms with E-state index in [-0.39, 0.29) is 11.3 Å². The van der Waals surface area contributed by atoms with Crippen LogP contribution in [-0.2, 0) is 0 Å². The first-order valence-corrected chi connectivity index (χ1v) is 9.40. The topological polar surface area (TPSA) is 101 Å². The number of nitrogens with one attached hydrogen (secondary N) is 2. The molecule has 0 saturated heterocycles. The van der Waals surface area contributed by atoms with Crippen LogP contribution < -0.4 is 10.7 Å². The Morgan fingerprint density at radius 3 is 2.50 bits per heavy atom. The number of hydrogen-bond acceptors (Lipinski definition) is 8. The van der Waals surface area contributed by atoms with E-state index in [1.165, 1.54) is 0 Å². The van der Waals surface area contributed by atoms with Crippen molar-refractivity contribution in [1.82, 2.24) is 20.3 Å². The van der Waals surface area contributed by atoms with Crippen LogP contribution in [-0.4, -0.2) is 26.5 Å². The number of hydrogen-bond donors (Lipinski definition) is 2. The summed E-state index contributed by atoms with van der Waals surface area (Å²) >= 11 is 15.5. The molecule has 0 amide bonds. The zero-order valence-corrected chi connectivity index (χ0v) is 17.0. The van der Waals surface area contributed by atoms with Gasteiger partial charge in [0.2, 0.25) is 11.3 Å². The summed E-state index contributed by atoms with van der Waals surface area (Å²) in [6, 6.07) is 12.8. The lowest BCUT2D eigenvalue weighted by Crippen LogP contribution is -2.03. The molecule has 0 atom stereocenters. The van der Waals surface area contributed by atoms with Gasteiger partial charge in [-0.15, -0.1) is 0 Å². The Kier molecular flexibility index (Phi) is 5.38. The minimum Gasteiger partial charge on any atom is -0.337 e. The predicted octanol–water partition coefficient (Wildman–Crippen LogP) is 5.27. The van der Waals surface area contributed by atoms with Crippen molar-refractivity contribution in [3.05, 3.63) is 62.5 Å². The van der Waals surface area contributed by atoms with Gasteiger partial charge in [-0.2, -0.15) is 10.1 Å². The lowest BCUT2D eigenvalue weighted by atomic mass is 10.2. The van der Waals surface area contributed by atoms with Crippen LogP contribution >= 0.6 is 39.1 Å². The van der Waals surface area contributed by atoms with E-state index in [9.17, 15) is 0 Å². The molecule has 140 valence electrons. The smallest absolute Gasteiger partial charge is 0.245 e. The first-order chi connectivity index (χ1) is 13.6. The number of rotatable bonds is 5. The molecule has 8 nitrogen and oxygen atoms in total. The number of nitrogens with zero attached hydrogens (tertiary/aromatic N) is 5. The van der Waals surface area contributed by atoms with Gasteiger partial charge in [0, 0.05) is 10.2 Å². The quantitative estimate of drug-likeness (QED) is 0.297. The van der Waals surface area contributed by atoms with E-state index in [4.69, 9.17) is 23.2 Å². The highest BCUT2D eigenvalue weighted by atomic mass is 79.9. The van der Waals surface area contributed by atoms with Gasteiger partial charge >= 0.3 is 0 Å². The monoisotopic (exact) mass is 477 g/mol. The summed E-state index contributed by atoms with van der Waals surface area (Å²) < 4.78 is 5.64. The fourth-order valence-electron chi connectivity index (χ4n) is 2.27. The summed E-state index contributed by atoms with van der Waals surface area (Å²) in [7, 11) is 0. The maximum Gasteiger partial charge on any atom is 0.245 e. The molecule has 4 aromatic rings. The fraction of sp³-hybridized carbons (Fsp3) is 0. The highest BCUT2D eigenvalue weighted by Crippen LogP contribution is 2.29. The van der Waals surface area contributed by atoms with E-state index in [0.29, 0.717) is 27.4 Å². The largest absolute Gasteiger partial charge is 0.337 e. The molecule has 0 saturated carbocycles. The summed E-state index contributed by atoms with van der Waals surface area (Å²) in [6.07, 6.45) is 1.65. The predicted molar refractivity (Wildman–Crippen MR) is 112 cm³/mol. The van der Waals surface area contributed by atoms with Crippen LogP contribution in [0.4, 0.5) is 17.3 Å². The van der Waals surface area contributed by atoms with Crippen LogP contribution in [0, 0.1) is 0 Å². The summed E-state index contributed by atoms with van der Waals surface area (Å²) in [4.78, 5) is 8.70. The fourth-order valence-corrected chi connectivity index (χ4v) is 2.98. The lowest BCUT2D eigenvalue weighted by molar-refractivity contribution is 0.314. The van der Waals surface area contributed by atoms with Gasteiger partial charge in [0.15, 0.2) is 11.6 Å². The molecule has 2 aromatic carbocycles. The second kappa shape index (κ2) is 8.09. The summed E-state index contributed by atoms with van der Waals surface area (Å²) in [5.74, 6) is 0.702. The molecule has 0 spiro atoms. The van der Waals surface area contributed by atoms with E-state index in [1.54, 1.807) is 24.4 Å². The Morgan fingerprint density at radius 2 is 1.75 bits per heavy atom. The van der Waals surface area contributed by atoms with Crippen LogP contribution in [0.1, 0.15) is 5.56 Å². The lowest BCUT2D eigenvalue weighted by Gasteiger charge is -2.10. The van der Waals surface area contributed by atoms with Crippen molar-refractivity contribution in [1.29, 1.82) is 0 Å². The molecule has 0 fully saturated rings. The molecule has 4 rings (SSSR count). The average molecular weight is 479 g/mol. The second-order valence-corrected chi connectivity index (χ2v) is 7.24. The molecule has 28 heavy (non-hydrogen) atoms. The minimum atomic E-state index is 0.250. The van der Waals surface area contributed by atoms with Crippen molar-refractivity contribution in [3.63, 3.8) is 0 Å². The molecule has 2 N–H and O–H groups in total. The Labute approximate surface area is 177 Å². The maximum atomic E-state index is 6.07. The van der Waals surface area contributed by atoms with Gasteiger partial charge in [-0.3, -0.25) is 5.43 Å². The van der Waals surface area contributed by atoms with E-state index in [2.05, 4.69) is 56.7 Å². The molecule has 0 radical (unpaired) electrons. The molecular weight excluding hydrogens is 469 g/mol. The van der Waals surface area contributed by atoms with Gasteiger partial charge in [0.1, 0.15) is 0 Å². The van der Waals surface area contributed by atoms with Crippen LogP contribution in [0.5, 0.6) is 0 Å². The molecule has 2 heterocycles. The SMILES string of the molecule is Clc1ccc(Nc2nc3nonc3nc2N/N=C\c2cccc(Br)c2)cc1Cl. The Balaban J connectivity index is 1.64. The number of benzene rings is 2. The normalized spacial score (nSPS) is 11.2. The molecule has 0 aliphatic rings. The number of halogens is 3. The van der Waals surface area contributed by atoms with E-state index in [0.717, 1.165) is 10.0 Å². The summed E-state index contributed by atoms with van der Waals surface area (Å²) in [6.45, 7) is 0. The Bertz CT molecular complexity index is 1180. The third-order valence-corrected chi connectivity index (χ3v) is 4.76. The van der Waals surface area contributed by atoms with Crippen molar-refractivity contribution in [2.24, 2.45) is 5.10 Å². The standard InChI is InChI=1S/C17H10BrCl2N7O/c18-10-3-1-2-9(6-10)8-21-25-15-14(23-16-17(24-15)27-28-26-16)22-11-4-5-12(19)13(20)7-11/h1-8H,(H,22,23,26)(H,24,25,27)/b21-8-. The first-order valence-electron chi connectivity index (χ1n) is 7.85. The third kappa shape index (κ3) is 4.22. The molecule has 0 aliphatic heterocycles. The van der Waals surface area contributed by atoms with Crippen LogP contribution in [0.15, 0.2) is 56.7 Å². The van der Waals surface area contributed by atoms with Crippen molar-refractivity contribution in [3.8, 4) is 0 Å². The molecule has 0 aliphatic carbocycles. The average Bonchev–Trinajstić information content (AvgIpc) is 3.12. The van der Waals surface area contributed by atoms with Gasteiger partial charge in [-0.25, -0.2) is 9.61 Å².